The molecule has 1 unspecified atom stereocenters. The zero-order valence-electron chi connectivity index (χ0n) is 11.9. The Labute approximate surface area is 133 Å². The van der Waals surface area contributed by atoms with E-state index >= 15 is 0 Å². The fourth-order valence-corrected chi connectivity index (χ4v) is 2.91. The maximum Gasteiger partial charge on any atom is 0.222 e. The van der Waals surface area contributed by atoms with Crippen LogP contribution in [0.4, 0.5) is 5.95 Å². The number of halogens is 1. The van der Waals surface area contributed by atoms with E-state index < -0.39 is 0 Å². The van der Waals surface area contributed by atoms with Crippen LogP contribution in [-0.4, -0.2) is 40.5 Å². The second-order valence-electron chi connectivity index (χ2n) is 5.38. The molecule has 0 radical (unpaired) electrons. The van der Waals surface area contributed by atoms with E-state index in [1.807, 2.05) is 6.07 Å². The standard InChI is InChI=1S/C16H19BrN4/c17-14-4-2-13(3-5-14)6-10-21-11-7-15(12-21)20-16-18-8-1-9-19-16/h1-5,8-9,15H,6-7,10-12H2,(H,18,19,20). The lowest BCUT2D eigenvalue weighted by Gasteiger charge is -2.16. The number of benzene rings is 1. The van der Waals surface area contributed by atoms with Crippen LogP contribution < -0.4 is 5.32 Å². The van der Waals surface area contributed by atoms with Crippen LogP contribution in [0.5, 0.6) is 0 Å². The van der Waals surface area contributed by atoms with Crippen molar-refractivity contribution in [3.8, 4) is 0 Å². The van der Waals surface area contributed by atoms with Gasteiger partial charge in [-0.3, -0.25) is 0 Å². The minimum Gasteiger partial charge on any atom is -0.350 e. The highest BCUT2D eigenvalue weighted by Crippen LogP contribution is 2.15. The smallest absolute Gasteiger partial charge is 0.222 e. The van der Waals surface area contributed by atoms with Gasteiger partial charge in [0.05, 0.1) is 0 Å². The average molecular weight is 347 g/mol. The molecule has 1 atom stereocenters. The molecule has 21 heavy (non-hydrogen) atoms. The molecular formula is C16H19BrN4. The molecule has 0 amide bonds. The summed E-state index contributed by atoms with van der Waals surface area (Å²) in [6.45, 7) is 3.31. The monoisotopic (exact) mass is 346 g/mol. The molecule has 3 rings (SSSR count). The third-order valence-corrected chi connectivity index (χ3v) is 4.33. The summed E-state index contributed by atoms with van der Waals surface area (Å²) in [5.74, 6) is 0.734. The van der Waals surface area contributed by atoms with Gasteiger partial charge >= 0.3 is 0 Å². The van der Waals surface area contributed by atoms with Crippen molar-refractivity contribution in [2.75, 3.05) is 25.0 Å². The van der Waals surface area contributed by atoms with E-state index in [0.717, 1.165) is 42.9 Å². The molecule has 1 aliphatic heterocycles. The van der Waals surface area contributed by atoms with Gasteiger partial charge in [0.2, 0.25) is 5.95 Å². The van der Waals surface area contributed by atoms with Gasteiger partial charge in [-0.05, 0) is 36.6 Å². The van der Waals surface area contributed by atoms with E-state index in [1.54, 1.807) is 12.4 Å². The van der Waals surface area contributed by atoms with E-state index in [1.165, 1.54) is 5.56 Å². The summed E-state index contributed by atoms with van der Waals surface area (Å²) >= 11 is 3.47. The molecule has 1 fully saturated rings. The Morgan fingerprint density at radius 3 is 2.71 bits per heavy atom. The second-order valence-corrected chi connectivity index (χ2v) is 6.30. The lowest BCUT2D eigenvalue weighted by Crippen LogP contribution is -2.28. The van der Waals surface area contributed by atoms with E-state index in [9.17, 15) is 0 Å². The van der Waals surface area contributed by atoms with Crippen molar-refractivity contribution in [2.24, 2.45) is 0 Å². The van der Waals surface area contributed by atoms with Crippen molar-refractivity contribution in [1.29, 1.82) is 0 Å². The summed E-state index contributed by atoms with van der Waals surface area (Å²) in [5, 5.41) is 3.41. The number of nitrogens with zero attached hydrogens (tertiary/aromatic N) is 3. The predicted octanol–water partition coefficient (Wildman–Crippen LogP) is 2.97. The van der Waals surface area contributed by atoms with Gasteiger partial charge < -0.3 is 10.2 Å². The van der Waals surface area contributed by atoms with Crippen molar-refractivity contribution in [2.45, 2.75) is 18.9 Å². The normalized spacial score (nSPS) is 18.8. The summed E-state index contributed by atoms with van der Waals surface area (Å²) in [5.41, 5.74) is 1.39. The SMILES string of the molecule is Brc1ccc(CCN2CCC(Nc3ncccn3)C2)cc1. The van der Waals surface area contributed by atoms with E-state index in [0.29, 0.717) is 6.04 Å². The summed E-state index contributed by atoms with van der Waals surface area (Å²) in [6.07, 6.45) is 5.80. The van der Waals surface area contributed by atoms with Crippen LogP contribution >= 0.6 is 15.9 Å². The minimum atomic E-state index is 0.456. The second kappa shape index (κ2) is 7.00. The third kappa shape index (κ3) is 4.25. The van der Waals surface area contributed by atoms with E-state index in [-0.39, 0.29) is 0 Å². The molecule has 1 aromatic heterocycles. The van der Waals surface area contributed by atoms with Crippen LogP contribution in [-0.2, 0) is 6.42 Å². The number of anilines is 1. The molecule has 4 nitrogen and oxygen atoms in total. The highest BCUT2D eigenvalue weighted by molar-refractivity contribution is 9.10. The largest absolute Gasteiger partial charge is 0.350 e. The molecule has 0 spiro atoms. The molecule has 0 bridgehead atoms. The van der Waals surface area contributed by atoms with Crippen molar-refractivity contribution in [1.82, 2.24) is 14.9 Å². The van der Waals surface area contributed by atoms with Gasteiger partial charge in [0.15, 0.2) is 0 Å². The van der Waals surface area contributed by atoms with Gasteiger partial charge in [0.1, 0.15) is 0 Å². The van der Waals surface area contributed by atoms with Crippen LogP contribution in [0, 0.1) is 0 Å². The molecule has 1 aliphatic rings. The van der Waals surface area contributed by atoms with Crippen LogP contribution in [0.2, 0.25) is 0 Å². The van der Waals surface area contributed by atoms with E-state index in [2.05, 4.69) is 60.4 Å². The summed E-state index contributed by atoms with van der Waals surface area (Å²) < 4.78 is 1.14. The maximum atomic E-state index is 4.22. The summed E-state index contributed by atoms with van der Waals surface area (Å²) in [6, 6.07) is 10.9. The number of likely N-dealkylation sites (tertiary alicyclic amines) is 1. The lowest BCUT2D eigenvalue weighted by molar-refractivity contribution is 0.340. The van der Waals surface area contributed by atoms with Crippen LogP contribution in [0.15, 0.2) is 47.2 Å². The molecule has 1 aromatic carbocycles. The number of hydrogen-bond donors (Lipinski definition) is 1. The minimum absolute atomic E-state index is 0.456. The van der Waals surface area contributed by atoms with Gasteiger partial charge in [0, 0.05) is 42.5 Å². The Balaban J connectivity index is 1.45. The van der Waals surface area contributed by atoms with Crippen molar-refractivity contribution >= 4 is 21.9 Å². The van der Waals surface area contributed by atoms with Crippen LogP contribution in [0.25, 0.3) is 0 Å². The first kappa shape index (κ1) is 14.5. The zero-order valence-corrected chi connectivity index (χ0v) is 13.5. The molecule has 110 valence electrons. The molecular weight excluding hydrogens is 328 g/mol. The Hall–Kier alpha value is -1.46. The fourth-order valence-electron chi connectivity index (χ4n) is 2.65. The molecule has 0 saturated carbocycles. The van der Waals surface area contributed by atoms with Crippen molar-refractivity contribution < 1.29 is 0 Å². The number of rotatable bonds is 5. The Kier molecular flexibility index (Phi) is 4.83. The topological polar surface area (TPSA) is 41.0 Å². The van der Waals surface area contributed by atoms with Crippen molar-refractivity contribution in [3.05, 3.63) is 52.8 Å². The van der Waals surface area contributed by atoms with Gasteiger partial charge in [-0.15, -0.1) is 0 Å². The molecule has 1 saturated heterocycles. The highest BCUT2D eigenvalue weighted by atomic mass is 79.9. The predicted molar refractivity (Wildman–Crippen MR) is 88.3 cm³/mol. The molecule has 2 heterocycles. The van der Waals surface area contributed by atoms with Crippen LogP contribution in [0.3, 0.4) is 0 Å². The van der Waals surface area contributed by atoms with E-state index in [4.69, 9.17) is 0 Å². The first-order chi connectivity index (χ1) is 10.3. The summed E-state index contributed by atoms with van der Waals surface area (Å²) in [4.78, 5) is 11.0. The third-order valence-electron chi connectivity index (χ3n) is 3.80. The van der Waals surface area contributed by atoms with Gasteiger partial charge in [-0.1, -0.05) is 28.1 Å². The number of aromatic nitrogens is 2. The number of hydrogen-bond acceptors (Lipinski definition) is 4. The molecule has 2 aromatic rings. The first-order valence-electron chi connectivity index (χ1n) is 7.30. The quantitative estimate of drug-likeness (QED) is 0.903. The lowest BCUT2D eigenvalue weighted by atomic mass is 10.1. The zero-order chi connectivity index (χ0) is 14.5. The first-order valence-corrected chi connectivity index (χ1v) is 8.09. The summed E-state index contributed by atoms with van der Waals surface area (Å²) in [7, 11) is 0. The Morgan fingerprint density at radius 2 is 1.95 bits per heavy atom. The molecule has 0 aliphatic carbocycles. The maximum absolute atomic E-state index is 4.22. The fraction of sp³-hybridized carbons (Fsp3) is 0.375. The van der Waals surface area contributed by atoms with Gasteiger partial charge in [-0.2, -0.15) is 0 Å². The molecule has 5 heteroatoms. The van der Waals surface area contributed by atoms with Gasteiger partial charge in [-0.25, -0.2) is 9.97 Å². The van der Waals surface area contributed by atoms with Crippen LogP contribution in [0.1, 0.15) is 12.0 Å². The average Bonchev–Trinajstić information content (AvgIpc) is 2.95. The Bertz CT molecular complexity index is 558. The van der Waals surface area contributed by atoms with Crippen molar-refractivity contribution in [3.63, 3.8) is 0 Å². The number of nitrogens with one attached hydrogen (secondary N) is 1. The van der Waals surface area contributed by atoms with Gasteiger partial charge in [0.25, 0.3) is 0 Å². The Morgan fingerprint density at radius 1 is 1.19 bits per heavy atom. The highest BCUT2D eigenvalue weighted by Gasteiger charge is 2.22. The molecule has 1 N–H and O–H groups in total.